The van der Waals surface area contributed by atoms with Crippen LogP contribution >= 0.6 is 12.4 Å². The Morgan fingerprint density at radius 1 is 1.62 bits per heavy atom. The smallest absolute Gasteiger partial charge is 0.0662 e. The van der Waals surface area contributed by atoms with Gasteiger partial charge in [-0.1, -0.05) is 6.92 Å². The summed E-state index contributed by atoms with van der Waals surface area (Å²) in [5.41, 5.74) is 5.37. The quantitative estimate of drug-likeness (QED) is 0.586. The average Bonchev–Trinajstić information content (AvgIpc) is 1.65. The van der Waals surface area contributed by atoms with Gasteiger partial charge >= 0.3 is 0 Å². The predicted octanol–water partition coefficient (Wildman–Crippen LogP) is 0.526. The van der Waals surface area contributed by atoms with E-state index in [-0.39, 0.29) is 24.6 Å². The fraction of sp³-hybridized carbons (Fsp3) is 1.00. The Labute approximate surface area is 56.5 Å². The molecule has 0 aromatic rings. The van der Waals surface area contributed by atoms with Crippen LogP contribution in [0.25, 0.3) is 0 Å². The van der Waals surface area contributed by atoms with E-state index < -0.39 is 0 Å². The van der Waals surface area contributed by atoms with Crippen molar-refractivity contribution in [3.8, 4) is 0 Å². The lowest BCUT2D eigenvalue weighted by molar-refractivity contribution is 0.161. The van der Waals surface area contributed by atoms with Gasteiger partial charge in [0.15, 0.2) is 0 Å². The third-order valence-corrected chi connectivity index (χ3v) is 1.09. The van der Waals surface area contributed by atoms with E-state index in [2.05, 4.69) is 0 Å². The van der Waals surface area contributed by atoms with Crippen molar-refractivity contribution in [2.75, 3.05) is 0 Å². The van der Waals surface area contributed by atoms with E-state index in [4.69, 9.17) is 10.8 Å². The fourth-order valence-electron chi connectivity index (χ4n) is 0.341. The number of halogens is 1. The Bertz CT molecular complexity index is 49.7. The molecule has 3 heteroatoms. The molecule has 0 rings (SSSR count). The number of aliphatic hydroxyl groups excluding tert-OH is 1. The molecule has 0 spiro atoms. The van der Waals surface area contributed by atoms with Gasteiger partial charge in [-0.25, -0.2) is 0 Å². The lowest BCUT2D eigenvalue weighted by Gasteiger charge is -2.09. The summed E-state index contributed by atoms with van der Waals surface area (Å²) in [7, 11) is 0. The lowest BCUT2D eigenvalue weighted by Crippen LogP contribution is -2.31. The molecule has 0 saturated carbocycles. The summed E-state index contributed by atoms with van der Waals surface area (Å²) in [5.74, 6) is 0. The molecule has 0 saturated heterocycles. The molecule has 0 aliphatic rings. The maximum atomic E-state index is 8.70. The minimum atomic E-state index is -0.356. The first-order valence-electron chi connectivity index (χ1n) is 2.62. The number of nitrogens with two attached hydrogens (primary N) is 1. The van der Waals surface area contributed by atoms with Crippen LogP contribution in [0, 0.1) is 0 Å². The summed E-state index contributed by atoms with van der Waals surface area (Å²) in [4.78, 5) is 0. The molecule has 0 bridgehead atoms. The van der Waals surface area contributed by atoms with Crippen molar-refractivity contribution < 1.29 is 5.11 Å². The molecule has 0 aromatic heterocycles. The van der Waals surface area contributed by atoms with Crippen molar-refractivity contribution >= 4 is 12.4 Å². The molecule has 2 atom stereocenters. The van der Waals surface area contributed by atoms with E-state index in [1.165, 1.54) is 0 Å². The van der Waals surface area contributed by atoms with Crippen molar-refractivity contribution in [3.63, 3.8) is 0 Å². The van der Waals surface area contributed by atoms with Gasteiger partial charge in [-0.3, -0.25) is 0 Å². The molecule has 0 fully saturated rings. The highest BCUT2D eigenvalue weighted by atomic mass is 35.5. The third kappa shape index (κ3) is 4.37. The zero-order valence-corrected chi connectivity index (χ0v) is 6.11. The maximum Gasteiger partial charge on any atom is 0.0662 e. The SMILES string of the molecule is CCC(N)C(C)O.Cl. The van der Waals surface area contributed by atoms with Crippen LogP contribution in [-0.2, 0) is 0 Å². The summed E-state index contributed by atoms with van der Waals surface area (Å²) in [6.07, 6.45) is 0.488. The Hall–Kier alpha value is 0.210. The monoisotopic (exact) mass is 139 g/mol. The zero-order valence-electron chi connectivity index (χ0n) is 5.29. The van der Waals surface area contributed by atoms with Crippen LogP contribution in [0.5, 0.6) is 0 Å². The second-order valence-corrected chi connectivity index (χ2v) is 1.81. The molecule has 0 heterocycles. The molecule has 0 aromatic carbocycles. The van der Waals surface area contributed by atoms with Gasteiger partial charge in [0, 0.05) is 6.04 Å². The number of hydrogen-bond acceptors (Lipinski definition) is 2. The zero-order chi connectivity index (χ0) is 5.86. The highest BCUT2D eigenvalue weighted by Gasteiger charge is 2.03. The van der Waals surface area contributed by atoms with Crippen LogP contribution in [0.3, 0.4) is 0 Å². The van der Waals surface area contributed by atoms with Gasteiger partial charge in [0.05, 0.1) is 6.10 Å². The van der Waals surface area contributed by atoms with Gasteiger partial charge in [0.25, 0.3) is 0 Å². The fourth-order valence-corrected chi connectivity index (χ4v) is 0.341. The first kappa shape index (κ1) is 11.1. The summed E-state index contributed by atoms with van der Waals surface area (Å²) >= 11 is 0. The van der Waals surface area contributed by atoms with Gasteiger partial charge in [0.1, 0.15) is 0 Å². The van der Waals surface area contributed by atoms with E-state index >= 15 is 0 Å². The van der Waals surface area contributed by atoms with Crippen LogP contribution in [0.15, 0.2) is 0 Å². The molecule has 0 aliphatic carbocycles. The van der Waals surface area contributed by atoms with E-state index in [9.17, 15) is 0 Å². The third-order valence-electron chi connectivity index (χ3n) is 1.09. The van der Waals surface area contributed by atoms with Crippen molar-refractivity contribution in [1.29, 1.82) is 0 Å². The number of rotatable bonds is 2. The first-order valence-corrected chi connectivity index (χ1v) is 2.62. The normalized spacial score (nSPS) is 16.5. The van der Waals surface area contributed by atoms with Gasteiger partial charge in [-0.2, -0.15) is 0 Å². The van der Waals surface area contributed by atoms with Crippen molar-refractivity contribution in [3.05, 3.63) is 0 Å². The van der Waals surface area contributed by atoms with E-state index in [0.29, 0.717) is 0 Å². The van der Waals surface area contributed by atoms with Gasteiger partial charge in [-0.05, 0) is 13.3 Å². The summed E-state index contributed by atoms with van der Waals surface area (Å²) in [6.45, 7) is 3.66. The van der Waals surface area contributed by atoms with Crippen LogP contribution in [0.2, 0.25) is 0 Å². The van der Waals surface area contributed by atoms with Crippen LogP contribution in [-0.4, -0.2) is 17.3 Å². The van der Waals surface area contributed by atoms with Gasteiger partial charge in [0.2, 0.25) is 0 Å². The van der Waals surface area contributed by atoms with Crippen molar-refractivity contribution in [1.82, 2.24) is 0 Å². The second-order valence-electron chi connectivity index (χ2n) is 1.81. The summed E-state index contributed by atoms with van der Waals surface area (Å²) in [5, 5.41) is 8.70. The standard InChI is InChI=1S/C5H13NO.ClH/c1-3-5(6)4(2)7;/h4-5,7H,3,6H2,1-2H3;1H. The molecule has 2 nitrogen and oxygen atoms in total. The van der Waals surface area contributed by atoms with Gasteiger partial charge in [-0.15, -0.1) is 12.4 Å². The number of aliphatic hydroxyl groups is 1. The Balaban J connectivity index is 0. The minimum Gasteiger partial charge on any atom is -0.392 e. The highest BCUT2D eigenvalue weighted by Crippen LogP contribution is 1.91. The molecule has 2 unspecified atom stereocenters. The molecule has 52 valence electrons. The highest BCUT2D eigenvalue weighted by molar-refractivity contribution is 5.85. The van der Waals surface area contributed by atoms with E-state index in [0.717, 1.165) is 6.42 Å². The topological polar surface area (TPSA) is 46.2 Å². The Morgan fingerprint density at radius 3 is 2.00 bits per heavy atom. The Kier molecular flexibility index (Phi) is 7.40. The minimum absolute atomic E-state index is 0. The molecule has 0 aliphatic heterocycles. The van der Waals surface area contributed by atoms with Crippen molar-refractivity contribution in [2.24, 2.45) is 5.73 Å². The average molecular weight is 140 g/mol. The lowest BCUT2D eigenvalue weighted by atomic mass is 10.1. The van der Waals surface area contributed by atoms with Crippen LogP contribution in [0.1, 0.15) is 20.3 Å². The van der Waals surface area contributed by atoms with Crippen molar-refractivity contribution in [2.45, 2.75) is 32.4 Å². The second kappa shape index (κ2) is 5.35. The molecule has 0 amide bonds. The molecule has 0 radical (unpaired) electrons. The molecular weight excluding hydrogens is 126 g/mol. The summed E-state index contributed by atoms with van der Waals surface area (Å²) < 4.78 is 0. The van der Waals surface area contributed by atoms with Gasteiger partial charge < -0.3 is 10.8 Å². The number of hydrogen-bond donors (Lipinski definition) is 2. The molecular formula is C5H14ClNO. The maximum absolute atomic E-state index is 8.70. The first-order chi connectivity index (χ1) is 3.18. The van der Waals surface area contributed by atoms with Crippen LogP contribution in [0.4, 0.5) is 0 Å². The summed E-state index contributed by atoms with van der Waals surface area (Å²) in [6, 6.07) is -0.0417. The largest absolute Gasteiger partial charge is 0.392 e. The van der Waals surface area contributed by atoms with Crippen LogP contribution < -0.4 is 5.73 Å². The predicted molar refractivity (Wildman–Crippen MR) is 37.2 cm³/mol. The molecule has 8 heavy (non-hydrogen) atoms. The Morgan fingerprint density at radius 2 is 2.00 bits per heavy atom. The van der Waals surface area contributed by atoms with E-state index in [1.807, 2.05) is 6.92 Å². The van der Waals surface area contributed by atoms with E-state index in [1.54, 1.807) is 6.92 Å². The molecule has 3 N–H and O–H groups in total.